The molecule has 0 unspecified atom stereocenters. The second-order valence-electron chi connectivity index (χ2n) is 5.45. The molecule has 8 heteroatoms. The van der Waals surface area contributed by atoms with Gasteiger partial charge in [0.25, 0.3) is 0 Å². The Morgan fingerprint density at radius 3 is 2.60 bits per heavy atom. The number of esters is 1. The summed E-state index contributed by atoms with van der Waals surface area (Å²) in [7, 11) is 4.40. The van der Waals surface area contributed by atoms with Gasteiger partial charge in [0.05, 0.1) is 44.4 Å². The first kappa shape index (κ1) is 17.3. The summed E-state index contributed by atoms with van der Waals surface area (Å²) in [5.74, 6) is 0.774. The molecular formula is C17H18N2O5S. The third kappa shape index (κ3) is 2.86. The van der Waals surface area contributed by atoms with E-state index >= 15 is 0 Å². The topological polar surface area (TPSA) is 77.4 Å². The van der Waals surface area contributed by atoms with Gasteiger partial charge in [0, 0.05) is 0 Å². The Morgan fingerprint density at radius 2 is 1.96 bits per heavy atom. The Hall–Kier alpha value is -2.48. The van der Waals surface area contributed by atoms with Crippen LogP contribution in [0.4, 0.5) is 0 Å². The molecule has 0 N–H and O–H groups in total. The minimum Gasteiger partial charge on any atom is -0.493 e. The number of amidine groups is 1. The smallest absolute Gasteiger partial charge is 0.338 e. The number of fused-ring (bicyclic) bond motifs is 1. The molecule has 0 saturated carbocycles. The minimum absolute atomic E-state index is 0.0996. The van der Waals surface area contributed by atoms with Crippen molar-refractivity contribution >= 4 is 28.8 Å². The van der Waals surface area contributed by atoms with Crippen molar-refractivity contribution in [2.45, 2.75) is 13.0 Å². The molecule has 0 aliphatic carbocycles. The van der Waals surface area contributed by atoms with E-state index in [2.05, 4.69) is 4.99 Å². The van der Waals surface area contributed by atoms with Gasteiger partial charge in [-0.15, -0.1) is 0 Å². The number of aliphatic imine (C=N–C) groups is 1. The molecule has 0 bridgehead atoms. The molecule has 0 aromatic heterocycles. The van der Waals surface area contributed by atoms with Crippen molar-refractivity contribution in [2.24, 2.45) is 4.99 Å². The number of carbonyl (C=O) groups excluding carboxylic acids is 2. The van der Waals surface area contributed by atoms with Crippen LogP contribution in [0.2, 0.25) is 0 Å². The molecule has 1 atom stereocenters. The monoisotopic (exact) mass is 362 g/mol. The van der Waals surface area contributed by atoms with Crippen molar-refractivity contribution in [3.63, 3.8) is 0 Å². The lowest BCUT2D eigenvalue weighted by Crippen LogP contribution is -2.39. The first-order valence-corrected chi connectivity index (χ1v) is 8.55. The predicted octanol–water partition coefficient (Wildman–Crippen LogP) is 2.14. The molecule has 1 saturated heterocycles. The first-order valence-electron chi connectivity index (χ1n) is 7.56. The lowest BCUT2D eigenvalue weighted by atomic mass is 9.94. The number of rotatable bonds is 4. The summed E-state index contributed by atoms with van der Waals surface area (Å²) in [4.78, 5) is 30.8. The number of hydrogen-bond acceptors (Lipinski definition) is 7. The van der Waals surface area contributed by atoms with Crippen LogP contribution in [-0.4, -0.2) is 49.0 Å². The number of thioether (sulfide) groups is 1. The van der Waals surface area contributed by atoms with Crippen LogP contribution < -0.4 is 9.47 Å². The fraction of sp³-hybridized carbons (Fsp3) is 0.353. The minimum atomic E-state index is -0.609. The second-order valence-corrected chi connectivity index (χ2v) is 6.40. The maximum Gasteiger partial charge on any atom is 0.338 e. The molecule has 3 rings (SSSR count). The van der Waals surface area contributed by atoms with Gasteiger partial charge in [-0.1, -0.05) is 17.8 Å². The molecule has 0 radical (unpaired) electrons. The highest BCUT2D eigenvalue weighted by atomic mass is 32.2. The zero-order valence-corrected chi connectivity index (χ0v) is 15.2. The molecule has 132 valence electrons. The lowest BCUT2D eigenvalue weighted by Gasteiger charge is -2.33. The lowest BCUT2D eigenvalue weighted by molar-refractivity contribution is -0.137. The van der Waals surface area contributed by atoms with Gasteiger partial charge in [0.2, 0.25) is 5.91 Å². The van der Waals surface area contributed by atoms with Crippen LogP contribution in [0.25, 0.3) is 0 Å². The van der Waals surface area contributed by atoms with Gasteiger partial charge >= 0.3 is 5.97 Å². The van der Waals surface area contributed by atoms with Crippen LogP contribution in [0.5, 0.6) is 11.5 Å². The number of carbonyl (C=O) groups is 2. The number of nitrogens with zero attached hydrogens (tertiary/aromatic N) is 2. The van der Waals surface area contributed by atoms with Gasteiger partial charge in [0.15, 0.2) is 16.7 Å². The molecule has 2 aliphatic heterocycles. The third-order valence-electron chi connectivity index (χ3n) is 4.11. The quantitative estimate of drug-likeness (QED) is 0.764. The molecule has 25 heavy (non-hydrogen) atoms. The number of ether oxygens (including phenoxy) is 3. The zero-order valence-electron chi connectivity index (χ0n) is 14.4. The highest BCUT2D eigenvalue weighted by Crippen LogP contribution is 2.42. The summed E-state index contributed by atoms with van der Waals surface area (Å²) >= 11 is 1.36. The number of benzene rings is 1. The van der Waals surface area contributed by atoms with Crippen molar-refractivity contribution in [1.29, 1.82) is 0 Å². The molecule has 1 amide bonds. The van der Waals surface area contributed by atoms with E-state index in [0.29, 0.717) is 33.7 Å². The summed E-state index contributed by atoms with van der Waals surface area (Å²) in [6.07, 6.45) is 0. The normalized spacial score (nSPS) is 19.5. The Bertz CT molecular complexity index is 802. The fourth-order valence-electron chi connectivity index (χ4n) is 2.95. The number of methoxy groups -OCH3 is 3. The molecular weight excluding hydrogens is 344 g/mol. The molecule has 7 nitrogen and oxygen atoms in total. The zero-order chi connectivity index (χ0) is 18.1. The number of hydrogen-bond donors (Lipinski definition) is 0. The van der Waals surface area contributed by atoms with E-state index in [1.165, 1.54) is 26.0 Å². The highest BCUT2D eigenvalue weighted by molar-refractivity contribution is 8.15. The molecule has 1 aromatic carbocycles. The van der Waals surface area contributed by atoms with E-state index in [0.717, 1.165) is 5.56 Å². The van der Waals surface area contributed by atoms with Crippen LogP contribution in [0.1, 0.15) is 18.5 Å². The standard InChI is InChI=1S/C17H18N2O5S/c1-9-14(16(21)24-4)15(19-13(20)8-25-17(19)18-9)10-5-6-11(22-2)12(7-10)23-3/h5-7,15H,8H2,1-4H3/t15-/m1/s1. The van der Waals surface area contributed by atoms with Crippen LogP contribution in [0, 0.1) is 0 Å². The average molecular weight is 362 g/mol. The van der Waals surface area contributed by atoms with Crippen LogP contribution in [0.3, 0.4) is 0 Å². The van der Waals surface area contributed by atoms with Crippen LogP contribution in [0.15, 0.2) is 34.5 Å². The predicted molar refractivity (Wildman–Crippen MR) is 93.7 cm³/mol. The van der Waals surface area contributed by atoms with E-state index in [1.807, 2.05) is 0 Å². The molecule has 2 aliphatic rings. The fourth-order valence-corrected chi connectivity index (χ4v) is 3.89. The maximum atomic E-state index is 12.4. The van der Waals surface area contributed by atoms with Crippen LogP contribution >= 0.6 is 11.8 Å². The Morgan fingerprint density at radius 1 is 1.24 bits per heavy atom. The van der Waals surface area contributed by atoms with Crippen molar-refractivity contribution in [1.82, 2.24) is 4.90 Å². The molecule has 0 spiro atoms. The van der Waals surface area contributed by atoms with Gasteiger partial charge < -0.3 is 14.2 Å². The van der Waals surface area contributed by atoms with Gasteiger partial charge in [0.1, 0.15) is 0 Å². The number of allylic oxidation sites excluding steroid dienone is 1. The van der Waals surface area contributed by atoms with Crippen molar-refractivity contribution in [3.8, 4) is 11.5 Å². The van der Waals surface area contributed by atoms with E-state index in [1.54, 1.807) is 37.1 Å². The molecule has 1 aromatic rings. The van der Waals surface area contributed by atoms with Gasteiger partial charge in [-0.05, 0) is 24.6 Å². The van der Waals surface area contributed by atoms with E-state index in [9.17, 15) is 9.59 Å². The summed E-state index contributed by atoms with van der Waals surface area (Å²) < 4.78 is 15.6. The largest absolute Gasteiger partial charge is 0.493 e. The summed E-state index contributed by atoms with van der Waals surface area (Å²) in [5, 5.41) is 0.593. The van der Waals surface area contributed by atoms with E-state index < -0.39 is 12.0 Å². The molecule has 2 heterocycles. The van der Waals surface area contributed by atoms with Crippen LogP contribution in [-0.2, 0) is 14.3 Å². The van der Waals surface area contributed by atoms with Gasteiger partial charge in [-0.2, -0.15) is 0 Å². The Balaban J connectivity index is 2.17. The number of amides is 1. The first-order chi connectivity index (χ1) is 12.0. The van der Waals surface area contributed by atoms with Gasteiger partial charge in [-0.25, -0.2) is 9.79 Å². The van der Waals surface area contributed by atoms with Crippen molar-refractivity contribution < 1.29 is 23.8 Å². The Labute approximate surface area is 149 Å². The molecule has 1 fully saturated rings. The summed E-state index contributed by atoms with van der Waals surface area (Å²) in [6.45, 7) is 1.74. The Kier molecular flexibility index (Phi) is 4.71. The van der Waals surface area contributed by atoms with Gasteiger partial charge in [-0.3, -0.25) is 9.69 Å². The van der Waals surface area contributed by atoms with E-state index in [4.69, 9.17) is 14.2 Å². The highest BCUT2D eigenvalue weighted by Gasteiger charge is 2.43. The van der Waals surface area contributed by atoms with Crippen molar-refractivity contribution in [3.05, 3.63) is 35.0 Å². The summed E-state index contributed by atoms with van der Waals surface area (Å²) in [5.41, 5.74) is 1.61. The SMILES string of the molecule is COC(=O)C1=C(C)N=C2SCC(=O)N2[C@@H]1c1ccc(OC)c(OC)c1. The van der Waals surface area contributed by atoms with E-state index in [-0.39, 0.29) is 5.91 Å². The van der Waals surface area contributed by atoms with Crippen molar-refractivity contribution in [2.75, 3.05) is 27.1 Å². The third-order valence-corrected chi connectivity index (χ3v) is 5.05. The maximum absolute atomic E-state index is 12.4. The average Bonchev–Trinajstić information content (AvgIpc) is 2.99. The second kappa shape index (κ2) is 6.79. The summed E-state index contributed by atoms with van der Waals surface area (Å²) in [6, 6.07) is 4.71.